The molecule has 7 heteroatoms. The monoisotopic (exact) mass is 301 g/mol. The topological polar surface area (TPSA) is 72.4 Å². The maximum absolute atomic E-state index is 5.60. The number of aromatic nitrogens is 3. The van der Waals surface area contributed by atoms with Crippen molar-refractivity contribution in [1.29, 1.82) is 0 Å². The Morgan fingerprint density at radius 2 is 2.09 bits per heavy atom. The number of benzene rings is 1. The zero-order valence-corrected chi connectivity index (χ0v) is 12.5. The lowest BCUT2D eigenvalue weighted by molar-refractivity contribution is 0.122. The van der Waals surface area contributed by atoms with Gasteiger partial charge in [-0.1, -0.05) is 12.1 Å². The molecule has 0 saturated carbocycles. The van der Waals surface area contributed by atoms with E-state index in [2.05, 4.69) is 25.4 Å². The maximum atomic E-state index is 5.60. The third-order valence-corrected chi connectivity index (χ3v) is 3.29. The van der Waals surface area contributed by atoms with E-state index in [1.807, 2.05) is 31.2 Å². The Balaban J connectivity index is 1.78. The highest BCUT2D eigenvalue weighted by Crippen LogP contribution is 2.26. The summed E-state index contributed by atoms with van der Waals surface area (Å²) in [5, 5.41) is 11.4. The zero-order valence-electron chi connectivity index (χ0n) is 12.5. The summed E-state index contributed by atoms with van der Waals surface area (Å²) < 4.78 is 10.9. The van der Waals surface area contributed by atoms with E-state index >= 15 is 0 Å². The van der Waals surface area contributed by atoms with Crippen molar-refractivity contribution in [2.75, 3.05) is 43.1 Å². The average Bonchev–Trinajstić information content (AvgIpc) is 2.58. The Morgan fingerprint density at radius 1 is 1.27 bits per heavy atom. The molecule has 1 aromatic heterocycles. The van der Waals surface area contributed by atoms with Crippen LogP contribution >= 0.6 is 0 Å². The van der Waals surface area contributed by atoms with E-state index in [1.165, 1.54) is 0 Å². The number of hydrogen-bond acceptors (Lipinski definition) is 7. The Labute approximate surface area is 129 Å². The third-order valence-electron chi connectivity index (χ3n) is 3.29. The van der Waals surface area contributed by atoms with E-state index in [0.717, 1.165) is 24.5 Å². The smallest absolute Gasteiger partial charge is 0.247 e. The molecule has 1 aromatic carbocycles. The first-order valence-corrected chi connectivity index (χ1v) is 7.38. The highest BCUT2D eigenvalue weighted by atomic mass is 16.5. The van der Waals surface area contributed by atoms with Crippen LogP contribution in [0.2, 0.25) is 0 Å². The average molecular weight is 301 g/mol. The van der Waals surface area contributed by atoms with Crippen molar-refractivity contribution >= 4 is 17.5 Å². The summed E-state index contributed by atoms with van der Waals surface area (Å²) in [6.07, 6.45) is 1.60. The highest BCUT2D eigenvalue weighted by molar-refractivity contribution is 5.64. The Hall–Kier alpha value is -2.41. The van der Waals surface area contributed by atoms with Gasteiger partial charge in [-0.2, -0.15) is 10.1 Å². The Bertz CT molecular complexity index is 616. The van der Waals surface area contributed by atoms with E-state index in [4.69, 9.17) is 9.47 Å². The predicted octanol–water partition coefficient (Wildman–Crippen LogP) is 1.85. The molecule has 7 nitrogen and oxygen atoms in total. The van der Waals surface area contributed by atoms with Crippen LogP contribution in [0.25, 0.3) is 0 Å². The molecule has 0 aliphatic carbocycles. The van der Waals surface area contributed by atoms with Gasteiger partial charge in [0.2, 0.25) is 5.95 Å². The molecule has 22 heavy (non-hydrogen) atoms. The summed E-state index contributed by atoms with van der Waals surface area (Å²) in [5.41, 5.74) is 0.859. The fourth-order valence-corrected chi connectivity index (χ4v) is 2.24. The molecule has 2 aromatic rings. The molecule has 0 amide bonds. The van der Waals surface area contributed by atoms with Gasteiger partial charge in [0.15, 0.2) is 5.82 Å². The lowest BCUT2D eigenvalue weighted by Gasteiger charge is -2.26. The molecule has 1 aliphatic rings. The lowest BCUT2D eigenvalue weighted by atomic mass is 10.3. The second-order valence-corrected chi connectivity index (χ2v) is 4.80. The van der Waals surface area contributed by atoms with Crippen molar-refractivity contribution < 1.29 is 9.47 Å². The molecular formula is C15H19N5O2. The van der Waals surface area contributed by atoms with Crippen LogP contribution in [0, 0.1) is 0 Å². The van der Waals surface area contributed by atoms with Crippen LogP contribution < -0.4 is 15.0 Å². The van der Waals surface area contributed by atoms with Crippen molar-refractivity contribution in [1.82, 2.24) is 15.2 Å². The number of nitrogens with one attached hydrogen (secondary N) is 1. The van der Waals surface area contributed by atoms with Gasteiger partial charge in [-0.3, -0.25) is 0 Å². The van der Waals surface area contributed by atoms with Gasteiger partial charge < -0.3 is 19.7 Å². The summed E-state index contributed by atoms with van der Waals surface area (Å²) in [6.45, 7) is 5.50. The number of para-hydroxylation sites is 2. The second kappa shape index (κ2) is 7.04. The molecule has 116 valence electrons. The minimum absolute atomic E-state index is 0.611. The van der Waals surface area contributed by atoms with Crippen molar-refractivity contribution in [3.8, 4) is 5.75 Å². The zero-order chi connectivity index (χ0) is 15.2. The number of ether oxygens (including phenoxy) is 2. The lowest BCUT2D eigenvalue weighted by Crippen LogP contribution is -2.37. The summed E-state index contributed by atoms with van der Waals surface area (Å²) >= 11 is 0. The Morgan fingerprint density at radius 3 is 2.91 bits per heavy atom. The van der Waals surface area contributed by atoms with Crippen LogP contribution in [0.5, 0.6) is 5.75 Å². The molecule has 1 fully saturated rings. The van der Waals surface area contributed by atoms with Crippen molar-refractivity contribution in [3.05, 3.63) is 30.5 Å². The van der Waals surface area contributed by atoms with Gasteiger partial charge in [-0.25, -0.2) is 0 Å². The number of nitrogens with zero attached hydrogens (tertiary/aromatic N) is 4. The summed E-state index contributed by atoms with van der Waals surface area (Å²) in [6, 6.07) is 7.75. The largest absolute Gasteiger partial charge is 0.492 e. The van der Waals surface area contributed by atoms with Crippen molar-refractivity contribution in [2.45, 2.75) is 6.92 Å². The molecule has 3 rings (SSSR count). The Kier molecular flexibility index (Phi) is 4.65. The van der Waals surface area contributed by atoms with Gasteiger partial charge in [0.05, 0.1) is 31.7 Å². The first kappa shape index (κ1) is 14.5. The fraction of sp³-hybridized carbons (Fsp3) is 0.400. The maximum Gasteiger partial charge on any atom is 0.247 e. The molecule has 0 radical (unpaired) electrons. The fourth-order valence-electron chi connectivity index (χ4n) is 2.24. The van der Waals surface area contributed by atoms with Gasteiger partial charge in [-0.05, 0) is 19.1 Å². The molecule has 2 heterocycles. The van der Waals surface area contributed by atoms with E-state index < -0.39 is 0 Å². The van der Waals surface area contributed by atoms with Crippen LogP contribution in [-0.4, -0.2) is 48.1 Å². The standard InChI is InChI=1S/C15H19N5O2/c1-2-22-13-6-4-3-5-12(13)17-14-11-16-19-15(18-14)20-7-9-21-10-8-20/h3-6,11H,2,7-10H2,1H3,(H,17,18,19). The molecule has 1 aliphatic heterocycles. The van der Waals surface area contributed by atoms with Crippen LogP contribution in [0.15, 0.2) is 30.5 Å². The molecule has 0 unspecified atom stereocenters. The first-order chi connectivity index (χ1) is 10.9. The minimum Gasteiger partial charge on any atom is -0.492 e. The van der Waals surface area contributed by atoms with Crippen molar-refractivity contribution in [2.24, 2.45) is 0 Å². The van der Waals surface area contributed by atoms with E-state index in [1.54, 1.807) is 6.20 Å². The normalized spacial score (nSPS) is 14.7. The first-order valence-electron chi connectivity index (χ1n) is 7.38. The number of rotatable bonds is 5. The van der Waals surface area contributed by atoms with E-state index in [9.17, 15) is 0 Å². The van der Waals surface area contributed by atoms with Crippen LogP contribution in [-0.2, 0) is 4.74 Å². The summed E-state index contributed by atoms with van der Waals surface area (Å²) in [4.78, 5) is 6.59. The van der Waals surface area contributed by atoms with Crippen LogP contribution in [0.1, 0.15) is 6.92 Å². The molecule has 1 N–H and O–H groups in total. The van der Waals surface area contributed by atoms with E-state index in [-0.39, 0.29) is 0 Å². The number of anilines is 3. The SMILES string of the molecule is CCOc1ccccc1Nc1cnnc(N2CCOCC2)n1. The van der Waals surface area contributed by atoms with Crippen LogP contribution in [0.4, 0.5) is 17.5 Å². The van der Waals surface area contributed by atoms with E-state index in [0.29, 0.717) is 31.6 Å². The van der Waals surface area contributed by atoms with Gasteiger partial charge in [-0.15, -0.1) is 5.10 Å². The van der Waals surface area contributed by atoms with Gasteiger partial charge in [0, 0.05) is 13.1 Å². The molecule has 0 spiro atoms. The summed E-state index contributed by atoms with van der Waals surface area (Å²) in [5.74, 6) is 2.04. The molecular weight excluding hydrogens is 282 g/mol. The quantitative estimate of drug-likeness (QED) is 0.903. The number of hydrogen-bond donors (Lipinski definition) is 1. The highest BCUT2D eigenvalue weighted by Gasteiger charge is 2.15. The molecule has 1 saturated heterocycles. The summed E-state index contributed by atoms with van der Waals surface area (Å²) in [7, 11) is 0. The van der Waals surface area contributed by atoms with Gasteiger partial charge in [0.25, 0.3) is 0 Å². The minimum atomic E-state index is 0.611. The third kappa shape index (κ3) is 3.43. The van der Waals surface area contributed by atoms with Gasteiger partial charge >= 0.3 is 0 Å². The predicted molar refractivity (Wildman–Crippen MR) is 83.8 cm³/mol. The van der Waals surface area contributed by atoms with Crippen molar-refractivity contribution in [3.63, 3.8) is 0 Å². The molecule has 0 atom stereocenters. The molecule has 0 bridgehead atoms. The van der Waals surface area contributed by atoms with Gasteiger partial charge in [0.1, 0.15) is 5.75 Å². The van der Waals surface area contributed by atoms with Crippen LogP contribution in [0.3, 0.4) is 0 Å². The number of morpholine rings is 1. The second-order valence-electron chi connectivity index (χ2n) is 4.80.